The second kappa shape index (κ2) is 6.91. The Hall–Kier alpha value is -1.89. The molecule has 2 rings (SSSR count). The smallest absolute Gasteiger partial charge is 0.261 e. The Bertz CT molecular complexity index is 687. The van der Waals surface area contributed by atoms with Gasteiger partial charge in [-0.05, 0) is 18.9 Å². The van der Waals surface area contributed by atoms with Crippen molar-refractivity contribution in [1.82, 2.24) is 20.4 Å². The maximum atomic E-state index is 12.2. The van der Waals surface area contributed by atoms with Crippen molar-refractivity contribution in [2.24, 2.45) is 5.92 Å². The molecule has 0 aliphatic carbocycles. The summed E-state index contributed by atoms with van der Waals surface area (Å²) in [6.45, 7) is 9.41. The van der Waals surface area contributed by atoms with Crippen molar-refractivity contribution in [3.63, 3.8) is 0 Å². The molecule has 2 N–H and O–H groups in total. The van der Waals surface area contributed by atoms with Gasteiger partial charge in [0.2, 0.25) is 5.91 Å². The fraction of sp³-hybridized carbons (Fsp3) is 0.533. The van der Waals surface area contributed by atoms with Gasteiger partial charge in [0.25, 0.3) is 5.91 Å². The number of aryl methyl sites for hydroxylation is 1. The number of carbonyl (C=O) groups excluding carboxylic acids is 2. The highest BCUT2D eigenvalue weighted by Crippen LogP contribution is 2.28. The van der Waals surface area contributed by atoms with Crippen molar-refractivity contribution >= 4 is 33.4 Å². The van der Waals surface area contributed by atoms with Crippen LogP contribution in [0.4, 0.5) is 0 Å². The molecule has 0 spiro atoms. The van der Waals surface area contributed by atoms with Gasteiger partial charge >= 0.3 is 0 Å². The second-order valence-electron chi connectivity index (χ2n) is 5.73. The number of carbonyl (C=O) groups is 2. The third-order valence-electron chi connectivity index (χ3n) is 3.15. The van der Waals surface area contributed by atoms with Crippen LogP contribution in [0.15, 0.2) is 6.07 Å². The van der Waals surface area contributed by atoms with E-state index in [0.717, 1.165) is 22.5 Å². The van der Waals surface area contributed by atoms with E-state index in [0.29, 0.717) is 23.9 Å². The van der Waals surface area contributed by atoms with Gasteiger partial charge in [0.1, 0.15) is 4.83 Å². The van der Waals surface area contributed by atoms with Crippen LogP contribution in [0.3, 0.4) is 0 Å². The van der Waals surface area contributed by atoms with Gasteiger partial charge in [0.05, 0.1) is 10.6 Å². The molecular formula is C15H22N4O2S. The monoisotopic (exact) mass is 322 g/mol. The highest BCUT2D eigenvalue weighted by Gasteiger charge is 2.16. The molecule has 2 aromatic rings. The van der Waals surface area contributed by atoms with Crippen LogP contribution in [0.1, 0.15) is 36.1 Å². The predicted octanol–water partition coefficient (Wildman–Crippen LogP) is 1.93. The van der Waals surface area contributed by atoms with E-state index in [-0.39, 0.29) is 11.8 Å². The summed E-state index contributed by atoms with van der Waals surface area (Å²) < 4.78 is 1.98. The van der Waals surface area contributed by atoms with Crippen molar-refractivity contribution < 1.29 is 9.59 Å². The molecule has 0 aromatic carbocycles. The van der Waals surface area contributed by atoms with Crippen LogP contribution < -0.4 is 10.6 Å². The molecule has 0 atom stereocenters. The third kappa shape index (κ3) is 3.85. The summed E-state index contributed by atoms with van der Waals surface area (Å²) in [5.41, 5.74) is 0.948. The maximum absolute atomic E-state index is 12.2. The summed E-state index contributed by atoms with van der Waals surface area (Å²) in [4.78, 5) is 24.6. The van der Waals surface area contributed by atoms with E-state index in [2.05, 4.69) is 29.6 Å². The van der Waals surface area contributed by atoms with Gasteiger partial charge in [0.15, 0.2) is 0 Å². The van der Waals surface area contributed by atoms with Crippen molar-refractivity contribution in [2.45, 2.75) is 34.2 Å². The molecule has 0 saturated carbocycles. The van der Waals surface area contributed by atoms with Crippen LogP contribution in [-0.4, -0.2) is 34.7 Å². The Balaban J connectivity index is 2.08. The molecule has 0 fully saturated rings. The number of thiophene rings is 1. The minimum atomic E-state index is -0.109. The average molecular weight is 322 g/mol. The lowest BCUT2D eigenvalue weighted by Gasteiger charge is -2.05. The van der Waals surface area contributed by atoms with E-state index in [1.54, 1.807) is 0 Å². The van der Waals surface area contributed by atoms with Gasteiger partial charge in [-0.1, -0.05) is 13.8 Å². The van der Waals surface area contributed by atoms with Gasteiger partial charge in [-0.15, -0.1) is 11.3 Å². The zero-order valence-corrected chi connectivity index (χ0v) is 14.2. The zero-order valence-electron chi connectivity index (χ0n) is 13.4. The molecule has 120 valence electrons. The molecule has 6 nitrogen and oxygen atoms in total. The van der Waals surface area contributed by atoms with Crippen LogP contribution >= 0.6 is 11.3 Å². The molecule has 2 amide bonds. The molecule has 7 heteroatoms. The van der Waals surface area contributed by atoms with E-state index < -0.39 is 0 Å². The number of nitrogens with zero attached hydrogens (tertiary/aromatic N) is 2. The Morgan fingerprint density at radius 1 is 1.32 bits per heavy atom. The minimum Gasteiger partial charge on any atom is -0.355 e. The summed E-state index contributed by atoms with van der Waals surface area (Å²) in [7, 11) is 0. The van der Waals surface area contributed by atoms with E-state index in [9.17, 15) is 9.59 Å². The Morgan fingerprint density at radius 2 is 2.00 bits per heavy atom. The molecule has 22 heavy (non-hydrogen) atoms. The van der Waals surface area contributed by atoms with Crippen molar-refractivity contribution in [1.29, 1.82) is 0 Å². The van der Waals surface area contributed by atoms with Gasteiger partial charge in [-0.2, -0.15) is 5.10 Å². The summed E-state index contributed by atoms with van der Waals surface area (Å²) in [6.07, 6.45) is 0. The largest absolute Gasteiger partial charge is 0.355 e. The molecule has 0 radical (unpaired) electrons. The summed E-state index contributed by atoms with van der Waals surface area (Å²) in [6, 6.07) is 1.90. The SMILES string of the molecule is CC(=O)NCCNC(=O)c1cc2c(C)nn(CC(C)C)c2s1. The number of hydrogen-bond donors (Lipinski definition) is 2. The van der Waals surface area contributed by atoms with Crippen LogP contribution in [-0.2, 0) is 11.3 Å². The van der Waals surface area contributed by atoms with Gasteiger partial charge < -0.3 is 10.6 Å². The normalized spacial score (nSPS) is 11.1. The van der Waals surface area contributed by atoms with Gasteiger partial charge in [-0.3, -0.25) is 14.3 Å². The first kappa shape index (κ1) is 16.5. The fourth-order valence-electron chi connectivity index (χ4n) is 2.20. The summed E-state index contributed by atoms with van der Waals surface area (Å²) in [5, 5.41) is 11.0. The highest BCUT2D eigenvalue weighted by atomic mass is 32.1. The maximum Gasteiger partial charge on any atom is 0.261 e. The molecule has 0 saturated heterocycles. The molecule has 2 heterocycles. The first-order valence-electron chi connectivity index (χ1n) is 7.38. The van der Waals surface area contributed by atoms with Crippen molar-refractivity contribution in [3.8, 4) is 0 Å². The van der Waals surface area contributed by atoms with E-state index in [4.69, 9.17) is 0 Å². The molecule has 2 aromatic heterocycles. The number of hydrogen-bond acceptors (Lipinski definition) is 4. The summed E-state index contributed by atoms with van der Waals surface area (Å²) >= 11 is 1.46. The Kier molecular flexibility index (Phi) is 5.18. The topological polar surface area (TPSA) is 76.0 Å². The molecule has 0 aliphatic rings. The van der Waals surface area contributed by atoms with Crippen LogP contribution in [0.25, 0.3) is 10.2 Å². The standard InChI is InChI=1S/C15H22N4O2S/c1-9(2)8-19-15-12(10(3)18-19)7-13(22-15)14(21)17-6-5-16-11(4)20/h7,9H,5-6,8H2,1-4H3,(H,16,20)(H,17,21). The van der Waals surface area contributed by atoms with Crippen molar-refractivity contribution in [3.05, 3.63) is 16.6 Å². The van der Waals surface area contributed by atoms with Crippen LogP contribution in [0.2, 0.25) is 0 Å². The lowest BCUT2D eigenvalue weighted by atomic mass is 10.2. The second-order valence-corrected chi connectivity index (χ2v) is 6.76. The molecule has 0 unspecified atom stereocenters. The first-order valence-corrected chi connectivity index (χ1v) is 8.19. The lowest BCUT2D eigenvalue weighted by Crippen LogP contribution is -2.33. The molecular weight excluding hydrogens is 300 g/mol. The van der Waals surface area contributed by atoms with Crippen molar-refractivity contribution in [2.75, 3.05) is 13.1 Å². The highest BCUT2D eigenvalue weighted by molar-refractivity contribution is 7.20. The first-order chi connectivity index (χ1) is 10.4. The average Bonchev–Trinajstić information content (AvgIpc) is 2.96. The number of aromatic nitrogens is 2. The molecule has 0 aliphatic heterocycles. The van der Waals surface area contributed by atoms with E-state index in [1.807, 2.05) is 17.7 Å². The van der Waals surface area contributed by atoms with Gasteiger partial charge in [-0.25, -0.2) is 0 Å². The Morgan fingerprint density at radius 3 is 2.64 bits per heavy atom. The quantitative estimate of drug-likeness (QED) is 0.798. The lowest BCUT2D eigenvalue weighted by molar-refractivity contribution is -0.118. The predicted molar refractivity (Wildman–Crippen MR) is 88.2 cm³/mol. The minimum absolute atomic E-state index is 0.0967. The van der Waals surface area contributed by atoms with E-state index in [1.165, 1.54) is 18.3 Å². The number of rotatable bonds is 6. The number of amides is 2. The van der Waals surface area contributed by atoms with Crippen LogP contribution in [0.5, 0.6) is 0 Å². The molecule has 0 bridgehead atoms. The zero-order chi connectivity index (χ0) is 16.3. The Labute approximate surface area is 133 Å². The summed E-state index contributed by atoms with van der Waals surface area (Å²) in [5.74, 6) is 0.294. The fourth-order valence-corrected chi connectivity index (χ4v) is 3.28. The number of nitrogens with one attached hydrogen (secondary N) is 2. The number of fused-ring (bicyclic) bond motifs is 1. The third-order valence-corrected chi connectivity index (χ3v) is 4.30. The van der Waals surface area contributed by atoms with E-state index >= 15 is 0 Å². The van der Waals surface area contributed by atoms with Gasteiger partial charge in [0, 0.05) is 31.9 Å². The van der Waals surface area contributed by atoms with Crippen LogP contribution in [0, 0.1) is 12.8 Å².